The highest BCUT2D eigenvalue weighted by Gasteiger charge is 2.25. The molecule has 190 valence electrons. The Balaban J connectivity index is 1.74. The molecule has 0 bridgehead atoms. The van der Waals surface area contributed by atoms with Crippen LogP contribution in [0.3, 0.4) is 0 Å². The fourth-order valence-electron chi connectivity index (χ4n) is 3.88. The number of ether oxygens (including phenoxy) is 3. The van der Waals surface area contributed by atoms with Crippen molar-refractivity contribution in [3.8, 4) is 28.6 Å². The van der Waals surface area contributed by atoms with Gasteiger partial charge in [0.1, 0.15) is 5.58 Å². The highest BCUT2D eigenvalue weighted by molar-refractivity contribution is 5.97. The fourth-order valence-corrected chi connectivity index (χ4v) is 3.88. The molecule has 3 aromatic carbocycles. The van der Waals surface area contributed by atoms with Crippen molar-refractivity contribution in [3.63, 3.8) is 0 Å². The molecular formula is C29H27NO7. The number of Topliss-reactive ketones (excluding diaryl/α,β-unsaturated/α-hetero) is 1. The van der Waals surface area contributed by atoms with Crippen molar-refractivity contribution in [2.24, 2.45) is 0 Å². The first-order valence-electron chi connectivity index (χ1n) is 11.7. The summed E-state index contributed by atoms with van der Waals surface area (Å²) in [4.78, 5) is 38.2. The number of anilines is 1. The molecule has 4 rings (SSSR count). The molecule has 0 aliphatic carbocycles. The van der Waals surface area contributed by atoms with E-state index in [0.29, 0.717) is 39.3 Å². The van der Waals surface area contributed by atoms with Crippen LogP contribution in [0.1, 0.15) is 30.6 Å². The van der Waals surface area contributed by atoms with E-state index in [4.69, 9.17) is 18.6 Å². The maximum absolute atomic E-state index is 13.5. The lowest BCUT2D eigenvalue weighted by Gasteiger charge is -2.19. The number of carbonyl (C=O) groups is 2. The highest BCUT2D eigenvalue weighted by Crippen LogP contribution is 2.37. The van der Waals surface area contributed by atoms with Gasteiger partial charge in [-0.05, 0) is 67.9 Å². The molecule has 0 aliphatic rings. The molecular weight excluding hydrogens is 474 g/mol. The summed E-state index contributed by atoms with van der Waals surface area (Å²) in [5.41, 5.74) is 1.54. The first kappa shape index (κ1) is 25.5. The van der Waals surface area contributed by atoms with Crippen LogP contribution in [0.4, 0.5) is 5.69 Å². The number of ketones is 1. The van der Waals surface area contributed by atoms with Crippen LogP contribution < -0.4 is 25.0 Å². The van der Waals surface area contributed by atoms with Gasteiger partial charge in [0.05, 0.1) is 19.6 Å². The molecule has 1 N–H and O–H groups in total. The molecule has 0 saturated heterocycles. The molecule has 37 heavy (non-hydrogen) atoms. The molecule has 1 aromatic heterocycles. The summed E-state index contributed by atoms with van der Waals surface area (Å²) >= 11 is 0. The number of hydrogen-bond acceptors (Lipinski definition) is 7. The van der Waals surface area contributed by atoms with Crippen molar-refractivity contribution in [2.75, 3.05) is 19.5 Å². The van der Waals surface area contributed by atoms with Crippen LogP contribution >= 0.6 is 0 Å². The number of amides is 1. The average molecular weight is 502 g/mol. The summed E-state index contributed by atoms with van der Waals surface area (Å²) in [6.07, 6.45) is -0.704. The second-order valence-electron chi connectivity index (χ2n) is 8.29. The quantitative estimate of drug-likeness (QED) is 0.303. The predicted octanol–water partition coefficient (Wildman–Crippen LogP) is 5.48. The van der Waals surface area contributed by atoms with Gasteiger partial charge in [-0.3, -0.25) is 14.4 Å². The summed E-state index contributed by atoms with van der Waals surface area (Å²) < 4.78 is 22.9. The number of hydrogen-bond donors (Lipinski definition) is 1. The monoisotopic (exact) mass is 501 g/mol. The Bertz CT molecular complexity index is 1510. The fraction of sp³-hybridized carbons (Fsp3) is 0.207. The summed E-state index contributed by atoms with van der Waals surface area (Å²) in [6.45, 7) is 3.25. The summed E-state index contributed by atoms with van der Waals surface area (Å²) in [5, 5.41) is 3.11. The number of rotatable bonds is 9. The molecule has 4 aromatic rings. The molecule has 0 saturated carbocycles. The van der Waals surface area contributed by atoms with Crippen LogP contribution in [0.15, 0.2) is 75.9 Å². The van der Waals surface area contributed by atoms with E-state index in [2.05, 4.69) is 5.32 Å². The van der Waals surface area contributed by atoms with E-state index < -0.39 is 17.4 Å². The minimum atomic E-state index is -0.990. The summed E-state index contributed by atoms with van der Waals surface area (Å²) in [7, 11) is 3.04. The largest absolute Gasteiger partial charge is 0.493 e. The molecule has 8 heteroatoms. The van der Waals surface area contributed by atoms with Gasteiger partial charge in [-0.1, -0.05) is 19.1 Å². The van der Waals surface area contributed by atoms with Gasteiger partial charge in [-0.2, -0.15) is 0 Å². The van der Waals surface area contributed by atoms with Crippen LogP contribution in [0, 0.1) is 0 Å². The standard InChI is InChI=1S/C29H27NO7/c1-5-22(29(33)30-20-13-10-18(11-14-20)17(2)31)36-28-26(32)21-8-6-7-9-23(21)37-27(28)19-12-15-24(34-3)25(16-19)35-4/h6-16,22H,5H2,1-4H3,(H,30,33). The minimum absolute atomic E-state index is 0.0710. The molecule has 1 unspecified atom stereocenters. The van der Waals surface area contributed by atoms with Crippen molar-refractivity contribution < 1.29 is 28.2 Å². The number of para-hydroxylation sites is 1. The zero-order chi connectivity index (χ0) is 26.5. The third-order valence-electron chi connectivity index (χ3n) is 5.88. The van der Waals surface area contributed by atoms with Gasteiger partial charge in [-0.25, -0.2) is 0 Å². The zero-order valence-corrected chi connectivity index (χ0v) is 21.0. The Hall–Kier alpha value is -4.59. The smallest absolute Gasteiger partial charge is 0.265 e. The van der Waals surface area contributed by atoms with Crippen LogP contribution in [0.5, 0.6) is 17.2 Å². The lowest BCUT2D eigenvalue weighted by Crippen LogP contribution is -2.34. The number of benzene rings is 3. The van der Waals surface area contributed by atoms with Crippen LogP contribution in [0.25, 0.3) is 22.3 Å². The predicted molar refractivity (Wildman–Crippen MR) is 141 cm³/mol. The molecule has 1 atom stereocenters. The summed E-state index contributed by atoms with van der Waals surface area (Å²) in [6, 6.07) is 18.5. The number of fused-ring (bicyclic) bond motifs is 1. The highest BCUT2D eigenvalue weighted by atomic mass is 16.5. The van der Waals surface area contributed by atoms with Crippen molar-refractivity contribution in [1.29, 1.82) is 0 Å². The van der Waals surface area contributed by atoms with Gasteiger partial charge in [0, 0.05) is 16.8 Å². The second-order valence-corrected chi connectivity index (χ2v) is 8.29. The van der Waals surface area contributed by atoms with E-state index in [1.165, 1.54) is 21.1 Å². The normalized spacial score (nSPS) is 11.6. The Morgan fingerprint density at radius 1 is 0.946 bits per heavy atom. The van der Waals surface area contributed by atoms with Gasteiger partial charge >= 0.3 is 0 Å². The van der Waals surface area contributed by atoms with Gasteiger partial charge in [0.15, 0.2) is 29.1 Å². The Kier molecular flexibility index (Phi) is 7.57. The van der Waals surface area contributed by atoms with Gasteiger partial charge in [0.2, 0.25) is 11.2 Å². The van der Waals surface area contributed by atoms with E-state index >= 15 is 0 Å². The molecule has 1 amide bonds. The lowest BCUT2D eigenvalue weighted by atomic mass is 10.1. The van der Waals surface area contributed by atoms with Crippen LogP contribution in [-0.2, 0) is 4.79 Å². The van der Waals surface area contributed by atoms with E-state index in [1.807, 2.05) is 0 Å². The van der Waals surface area contributed by atoms with E-state index in [9.17, 15) is 14.4 Å². The van der Waals surface area contributed by atoms with E-state index in [1.54, 1.807) is 73.7 Å². The second kappa shape index (κ2) is 11.0. The van der Waals surface area contributed by atoms with E-state index in [-0.39, 0.29) is 23.7 Å². The van der Waals surface area contributed by atoms with Gasteiger partial charge in [-0.15, -0.1) is 0 Å². The van der Waals surface area contributed by atoms with Crippen LogP contribution in [-0.4, -0.2) is 32.0 Å². The third-order valence-corrected chi connectivity index (χ3v) is 5.88. The van der Waals surface area contributed by atoms with Crippen molar-refractivity contribution in [1.82, 2.24) is 0 Å². The van der Waals surface area contributed by atoms with Gasteiger partial charge < -0.3 is 23.9 Å². The van der Waals surface area contributed by atoms with Gasteiger partial charge in [0.25, 0.3) is 5.91 Å². The number of methoxy groups -OCH3 is 2. The van der Waals surface area contributed by atoms with Crippen molar-refractivity contribution >= 4 is 28.3 Å². The molecule has 0 aliphatic heterocycles. The van der Waals surface area contributed by atoms with Crippen molar-refractivity contribution in [2.45, 2.75) is 26.4 Å². The van der Waals surface area contributed by atoms with Crippen LogP contribution in [0.2, 0.25) is 0 Å². The molecule has 0 spiro atoms. The average Bonchev–Trinajstić information content (AvgIpc) is 2.92. The Morgan fingerprint density at radius 3 is 2.30 bits per heavy atom. The molecule has 1 heterocycles. The van der Waals surface area contributed by atoms with E-state index in [0.717, 1.165) is 0 Å². The maximum atomic E-state index is 13.5. The summed E-state index contributed by atoms with van der Waals surface area (Å²) in [5.74, 6) is 0.530. The molecule has 8 nitrogen and oxygen atoms in total. The molecule has 0 radical (unpaired) electrons. The molecule has 0 fully saturated rings. The van der Waals surface area contributed by atoms with Crippen molar-refractivity contribution in [3.05, 3.63) is 82.5 Å². The first-order chi connectivity index (χ1) is 17.9. The lowest BCUT2D eigenvalue weighted by molar-refractivity contribution is -0.122. The Morgan fingerprint density at radius 2 is 1.65 bits per heavy atom. The Labute approximate surface area is 213 Å². The maximum Gasteiger partial charge on any atom is 0.265 e. The number of carbonyl (C=O) groups excluding carboxylic acids is 2. The topological polar surface area (TPSA) is 104 Å². The third kappa shape index (κ3) is 5.33. The zero-order valence-electron chi connectivity index (χ0n) is 21.0. The first-order valence-corrected chi connectivity index (χ1v) is 11.7. The minimum Gasteiger partial charge on any atom is -0.493 e. The number of nitrogens with one attached hydrogen (secondary N) is 1. The SMILES string of the molecule is CCC(Oc1c(-c2ccc(OC)c(OC)c2)oc2ccccc2c1=O)C(=O)Nc1ccc(C(C)=O)cc1.